The van der Waals surface area contributed by atoms with E-state index in [9.17, 15) is 4.79 Å². The summed E-state index contributed by atoms with van der Waals surface area (Å²) in [6.45, 7) is 4.39. The Hall–Kier alpha value is -1.36. The monoisotopic (exact) mass is 236 g/mol. The summed E-state index contributed by atoms with van der Waals surface area (Å²) in [7, 11) is 0. The second-order valence-electron chi connectivity index (χ2n) is 4.76. The molecule has 1 fully saturated rings. The lowest BCUT2D eigenvalue weighted by Crippen LogP contribution is -2.34. The van der Waals surface area contributed by atoms with E-state index in [0.29, 0.717) is 6.54 Å². The molecule has 0 saturated carbocycles. The third-order valence-electron chi connectivity index (χ3n) is 3.04. The fraction of sp³-hybridized carbons (Fsp3) is 0.667. The summed E-state index contributed by atoms with van der Waals surface area (Å²) in [6, 6.07) is 1.61. The number of rotatable bonds is 3. The van der Waals surface area contributed by atoms with Crippen LogP contribution in [-0.2, 0) is 6.54 Å². The highest BCUT2D eigenvalue weighted by Gasteiger charge is 2.12. The third kappa shape index (κ3) is 3.06. The number of nitrogens with two attached hydrogens (primary N) is 1. The van der Waals surface area contributed by atoms with Crippen LogP contribution in [0.25, 0.3) is 0 Å². The summed E-state index contributed by atoms with van der Waals surface area (Å²) in [6.07, 6.45) is 5.45. The van der Waals surface area contributed by atoms with E-state index in [0.717, 1.165) is 18.8 Å². The van der Waals surface area contributed by atoms with E-state index in [4.69, 9.17) is 5.73 Å². The molecule has 0 amide bonds. The quantitative estimate of drug-likeness (QED) is 0.834. The largest absolute Gasteiger partial charge is 0.370 e. The van der Waals surface area contributed by atoms with E-state index >= 15 is 0 Å². The predicted octanol–water partition coefficient (Wildman–Crippen LogP) is 0.581. The first-order valence-electron chi connectivity index (χ1n) is 6.24. The lowest BCUT2D eigenvalue weighted by atomic mass is 10.1. The number of aromatic nitrogens is 2. The van der Waals surface area contributed by atoms with Gasteiger partial charge < -0.3 is 10.6 Å². The second kappa shape index (κ2) is 5.31. The minimum Gasteiger partial charge on any atom is -0.370 e. The average molecular weight is 236 g/mol. The van der Waals surface area contributed by atoms with E-state index in [1.165, 1.54) is 23.9 Å². The van der Waals surface area contributed by atoms with Gasteiger partial charge in [-0.25, -0.2) is 4.68 Å². The normalized spacial score (nSPS) is 18.1. The van der Waals surface area contributed by atoms with Gasteiger partial charge in [0.2, 0.25) is 0 Å². The Labute approximate surface area is 101 Å². The van der Waals surface area contributed by atoms with Crippen LogP contribution in [0.15, 0.2) is 17.1 Å². The number of nitrogens with zero attached hydrogens (tertiary/aromatic N) is 3. The smallest absolute Gasteiger partial charge is 0.268 e. The van der Waals surface area contributed by atoms with Crippen molar-refractivity contribution in [1.29, 1.82) is 0 Å². The highest BCUT2D eigenvalue weighted by molar-refractivity contribution is 5.43. The molecule has 1 unspecified atom stereocenters. The Kier molecular flexibility index (Phi) is 3.78. The number of piperidine rings is 1. The van der Waals surface area contributed by atoms with E-state index in [1.54, 1.807) is 12.3 Å². The van der Waals surface area contributed by atoms with Crippen LogP contribution in [-0.4, -0.2) is 28.9 Å². The van der Waals surface area contributed by atoms with Crippen LogP contribution in [0.1, 0.15) is 26.2 Å². The Bertz CT molecular complexity index is 421. The number of anilines is 1. The van der Waals surface area contributed by atoms with Gasteiger partial charge in [0.25, 0.3) is 5.56 Å². The molecule has 1 aliphatic heterocycles. The first kappa shape index (κ1) is 12.1. The summed E-state index contributed by atoms with van der Waals surface area (Å²) >= 11 is 0. The molecule has 5 nitrogen and oxygen atoms in total. The van der Waals surface area contributed by atoms with Gasteiger partial charge >= 0.3 is 0 Å². The van der Waals surface area contributed by atoms with Gasteiger partial charge in [-0.3, -0.25) is 4.79 Å². The van der Waals surface area contributed by atoms with Crippen LogP contribution in [0.4, 0.5) is 5.69 Å². The maximum absolute atomic E-state index is 11.8. The molecular weight excluding hydrogens is 216 g/mol. The zero-order valence-corrected chi connectivity index (χ0v) is 10.3. The molecule has 1 aromatic rings. The molecule has 1 saturated heterocycles. The predicted molar refractivity (Wildman–Crippen MR) is 68.2 cm³/mol. The molecule has 2 rings (SSSR count). The zero-order chi connectivity index (χ0) is 12.3. The van der Waals surface area contributed by atoms with E-state index in [-0.39, 0.29) is 11.6 Å². The van der Waals surface area contributed by atoms with Crippen molar-refractivity contribution in [3.05, 3.63) is 22.6 Å². The average Bonchev–Trinajstić information content (AvgIpc) is 2.32. The molecule has 0 aliphatic carbocycles. The fourth-order valence-electron chi connectivity index (χ4n) is 2.16. The highest BCUT2D eigenvalue weighted by Crippen LogP contribution is 2.16. The molecule has 17 heavy (non-hydrogen) atoms. The maximum Gasteiger partial charge on any atom is 0.268 e. The molecule has 2 N–H and O–H groups in total. The molecule has 0 bridgehead atoms. The SMILES string of the molecule is CC(N)Cn1ncc(N2CCCCC2)cc1=O. The Morgan fingerprint density at radius 2 is 2.12 bits per heavy atom. The van der Waals surface area contributed by atoms with Crippen LogP contribution in [0.3, 0.4) is 0 Å². The zero-order valence-electron chi connectivity index (χ0n) is 10.3. The van der Waals surface area contributed by atoms with Crippen molar-refractivity contribution in [2.75, 3.05) is 18.0 Å². The molecular formula is C12H20N4O. The van der Waals surface area contributed by atoms with Gasteiger partial charge in [0, 0.05) is 25.2 Å². The minimum absolute atomic E-state index is 0.0546. The molecule has 2 heterocycles. The van der Waals surface area contributed by atoms with Gasteiger partial charge in [-0.1, -0.05) is 0 Å². The van der Waals surface area contributed by atoms with E-state index in [1.807, 2.05) is 6.92 Å². The molecule has 0 spiro atoms. The van der Waals surface area contributed by atoms with Gasteiger partial charge in [-0.2, -0.15) is 5.10 Å². The van der Waals surface area contributed by atoms with Crippen LogP contribution >= 0.6 is 0 Å². The first-order valence-corrected chi connectivity index (χ1v) is 6.24. The third-order valence-corrected chi connectivity index (χ3v) is 3.04. The Morgan fingerprint density at radius 1 is 1.41 bits per heavy atom. The molecule has 1 aromatic heterocycles. The summed E-state index contributed by atoms with van der Waals surface area (Å²) in [5.74, 6) is 0. The summed E-state index contributed by atoms with van der Waals surface area (Å²) in [5, 5.41) is 4.18. The van der Waals surface area contributed by atoms with Gasteiger partial charge in [0.1, 0.15) is 0 Å². The Balaban J connectivity index is 2.15. The van der Waals surface area contributed by atoms with Crippen LogP contribution in [0.5, 0.6) is 0 Å². The van der Waals surface area contributed by atoms with Crippen molar-refractivity contribution in [3.8, 4) is 0 Å². The van der Waals surface area contributed by atoms with Crippen molar-refractivity contribution in [2.24, 2.45) is 5.73 Å². The maximum atomic E-state index is 11.8. The van der Waals surface area contributed by atoms with Crippen LogP contribution in [0, 0.1) is 0 Å². The second-order valence-corrected chi connectivity index (χ2v) is 4.76. The van der Waals surface area contributed by atoms with Crippen molar-refractivity contribution in [1.82, 2.24) is 9.78 Å². The van der Waals surface area contributed by atoms with Crippen molar-refractivity contribution >= 4 is 5.69 Å². The van der Waals surface area contributed by atoms with Gasteiger partial charge in [0.15, 0.2) is 0 Å². The molecule has 5 heteroatoms. The molecule has 1 atom stereocenters. The van der Waals surface area contributed by atoms with Gasteiger partial charge in [0.05, 0.1) is 18.4 Å². The summed E-state index contributed by atoms with van der Waals surface area (Å²) in [5.41, 5.74) is 6.54. The standard InChI is InChI=1S/C12H20N4O/c1-10(13)9-16-12(17)7-11(8-14-16)15-5-3-2-4-6-15/h7-8,10H,2-6,9,13H2,1H3. The number of hydrogen-bond donors (Lipinski definition) is 1. The van der Waals surface area contributed by atoms with Gasteiger partial charge in [-0.15, -0.1) is 0 Å². The molecule has 1 aliphatic rings. The lowest BCUT2D eigenvalue weighted by Gasteiger charge is -2.28. The first-order chi connectivity index (χ1) is 8.16. The van der Waals surface area contributed by atoms with Gasteiger partial charge in [-0.05, 0) is 26.2 Å². The highest BCUT2D eigenvalue weighted by atomic mass is 16.1. The van der Waals surface area contributed by atoms with Crippen molar-refractivity contribution in [3.63, 3.8) is 0 Å². The van der Waals surface area contributed by atoms with Crippen molar-refractivity contribution < 1.29 is 0 Å². The molecule has 0 radical (unpaired) electrons. The lowest BCUT2D eigenvalue weighted by molar-refractivity contribution is 0.511. The molecule has 94 valence electrons. The summed E-state index contributed by atoms with van der Waals surface area (Å²) in [4.78, 5) is 14.1. The van der Waals surface area contributed by atoms with Crippen LogP contribution in [0.2, 0.25) is 0 Å². The van der Waals surface area contributed by atoms with Crippen LogP contribution < -0.4 is 16.2 Å². The number of hydrogen-bond acceptors (Lipinski definition) is 4. The topological polar surface area (TPSA) is 64.2 Å². The van der Waals surface area contributed by atoms with E-state index < -0.39 is 0 Å². The Morgan fingerprint density at radius 3 is 2.71 bits per heavy atom. The van der Waals surface area contributed by atoms with Crippen molar-refractivity contribution in [2.45, 2.75) is 38.8 Å². The minimum atomic E-state index is -0.0645. The summed E-state index contributed by atoms with van der Waals surface area (Å²) < 4.78 is 1.43. The fourth-order valence-corrected chi connectivity index (χ4v) is 2.16. The molecule has 0 aromatic carbocycles. The van der Waals surface area contributed by atoms with E-state index in [2.05, 4.69) is 10.00 Å².